The number of Topliss-reactive ketones (excluding diaryl/α,β-unsaturated/α-hetero) is 1. The fourth-order valence-corrected chi connectivity index (χ4v) is 2.45. The minimum atomic E-state index is 0.272. The van der Waals surface area contributed by atoms with Gasteiger partial charge in [0.15, 0.2) is 5.78 Å². The molecule has 0 atom stereocenters. The normalized spacial score (nSPS) is 16.8. The number of hydrogen-bond acceptors (Lipinski definition) is 2. The molecule has 0 unspecified atom stereocenters. The molecule has 0 aromatic carbocycles. The molecule has 88 valence electrons. The third-order valence-electron chi connectivity index (χ3n) is 3.36. The van der Waals surface area contributed by atoms with Crippen molar-refractivity contribution >= 4 is 5.78 Å². The van der Waals surface area contributed by atoms with E-state index < -0.39 is 0 Å². The molecule has 3 heteroatoms. The zero-order valence-electron chi connectivity index (χ0n) is 9.98. The van der Waals surface area contributed by atoms with Gasteiger partial charge in [0.1, 0.15) is 0 Å². The second kappa shape index (κ2) is 5.28. The summed E-state index contributed by atoms with van der Waals surface area (Å²) < 4.78 is 1.86. The van der Waals surface area contributed by atoms with E-state index in [-0.39, 0.29) is 5.78 Å². The van der Waals surface area contributed by atoms with E-state index in [4.69, 9.17) is 0 Å². The Hall–Kier alpha value is -1.12. The summed E-state index contributed by atoms with van der Waals surface area (Å²) in [5.74, 6) is 0.899. The lowest BCUT2D eigenvalue weighted by molar-refractivity contribution is 0.0962. The summed E-state index contributed by atoms with van der Waals surface area (Å²) in [5.41, 5.74) is 0.792. The lowest BCUT2D eigenvalue weighted by atomic mass is 9.99. The van der Waals surface area contributed by atoms with E-state index in [9.17, 15) is 4.79 Å². The van der Waals surface area contributed by atoms with Gasteiger partial charge in [-0.3, -0.25) is 9.48 Å². The van der Waals surface area contributed by atoms with E-state index in [2.05, 4.69) is 12.0 Å². The summed E-state index contributed by atoms with van der Waals surface area (Å²) in [6.07, 6.45) is 10.4. The fraction of sp³-hybridized carbons (Fsp3) is 0.692. The van der Waals surface area contributed by atoms with E-state index in [0.29, 0.717) is 5.92 Å². The Morgan fingerprint density at radius 2 is 2.25 bits per heavy atom. The third kappa shape index (κ3) is 2.71. The first-order valence-electron chi connectivity index (χ1n) is 6.35. The first-order valence-corrected chi connectivity index (χ1v) is 6.35. The number of ketones is 1. The predicted octanol–water partition coefficient (Wildman–Crippen LogP) is 3.06. The van der Waals surface area contributed by atoms with Crippen molar-refractivity contribution in [2.45, 2.75) is 52.0 Å². The Balaban J connectivity index is 1.91. The Morgan fingerprint density at radius 3 is 2.94 bits per heavy atom. The van der Waals surface area contributed by atoms with Crippen LogP contribution >= 0.6 is 0 Å². The number of rotatable bonds is 5. The Bertz CT molecular complexity index is 351. The highest BCUT2D eigenvalue weighted by atomic mass is 16.1. The largest absolute Gasteiger partial charge is 0.294 e. The van der Waals surface area contributed by atoms with Crippen LogP contribution in [0.3, 0.4) is 0 Å². The molecule has 2 rings (SSSR count). The van der Waals surface area contributed by atoms with Crippen LogP contribution < -0.4 is 0 Å². The van der Waals surface area contributed by atoms with Gasteiger partial charge in [0.25, 0.3) is 0 Å². The van der Waals surface area contributed by atoms with Gasteiger partial charge in [-0.15, -0.1) is 0 Å². The van der Waals surface area contributed by atoms with Gasteiger partial charge in [-0.05, 0) is 12.3 Å². The molecule has 3 nitrogen and oxygen atoms in total. The Labute approximate surface area is 96.8 Å². The number of carbonyl (C=O) groups excluding carboxylic acids is 1. The van der Waals surface area contributed by atoms with Crippen molar-refractivity contribution in [1.82, 2.24) is 9.78 Å². The van der Waals surface area contributed by atoms with Gasteiger partial charge in [0.2, 0.25) is 0 Å². The molecule has 1 aromatic rings. The molecule has 0 spiro atoms. The molecule has 1 heterocycles. The van der Waals surface area contributed by atoms with E-state index in [1.807, 2.05) is 10.9 Å². The lowest BCUT2D eigenvalue weighted by Crippen LogP contribution is -2.05. The maximum Gasteiger partial charge on any atom is 0.166 e. The summed E-state index contributed by atoms with van der Waals surface area (Å²) in [7, 11) is 0. The molecule has 0 saturated heterocycles. The van der Waals surface area contributed by atoms with Crippen molar-refractivity contribution in [2.75, 3.05) is 0 Å². The SMILES string of the molecule is CCCn1cc(C(=O)CC2CCCC2)cn1. The molecule has 0 radical (unpaired) electrons. The Kier molecular flexibility index (Phi) is 3.75. The summed E-state index contributed by atoms with van der Waals surface area (Å²) in [4.78, 5) is 12.0. The molecule has 1 aromatic heterocycles. The first-order chi connectivity index (χ1) is 7.79. The Morgan fingerprint density at radius 1 is 1.50 bits per heavy atom. The van der Waals surface area contributed by atoms with Crippen LogP contribution in [-0.4, -0.2) is 15.6 Å². The van der Waals surface area contributed by atoms with Crippen LogP contribution in [0.4, 0.5) is 0 Å². The molecule has 0 N–H and O–H groups in total. The highest BCUT2D eigenvalue weighted by molar-refractivity contribution is 5.95. The van der Waals surface area contributed by atoms with Gasteiger partial charge in [-0.2, -0.15) is 5.10 Å². The number of nitrogens with zero attached hydrogens (tertiary/aromatic N) is 2. The van der Waals surface area contributed by atoms with E-state index in [1.165, 1.54) is 25.7 Å². The average Bonchev–Trinajstić information content (AvgIpc) is 2.89. The summed E-state index contributed by atoms with van der Waals surface area (Å²) in [6, 6.07) is 0. The van der Waals surface area contributed by atoms with Crippen LogP contribution in [0.2, 0.25) is 0 Å². The predicted molar refractivity (Wildman–Crippen MR) is 63.4 cm³/mol. The van der Waals surface area contributed by atoms with Crippen molar-refractivity contribution in [3.63, 3.8) is 0 Å². The van der Waals surface area contributed by atoms with Crippen molar-refractivity contribution in [3.8, 4) is 0 Å². The minimum absolute atomic E-state index is 0.272. The maximum atomic E-state index is 12.0. The van der Waals surface area contributed by atoms with Crippen molar-refractivity contribution in [2.24, 2.45) is 5.92 Å². The van der Waals surface area contributed by atoms with Crippen LogP contribution in [0.25, 0.3) is 0 Å². The van der Waals surface area contributed by atoms with Crippen LogP contribution in [-0.2, 0) is 6.54 Å². The van der Waals surface area contributed by atoms with Crippen molar-refractivity contribution in [3.05, 3.63) is 18.0 Å². The van der Waals surface area contributed by atoms with Gasteiger partial charge in [-0.1, -0.05) is 32.6 Å². The monoisotopic (exact) mass is 220 g/mol. The minimum Gasteiger partial charge on any atom is -0.294 e. The van der Waals surface area contributed by atoms with Crippen LogP contribution in [0.15, 0.2) is 12.4 Å². The van der Waals surface area contributed by atoms with Crippen LogP contribution in [0, 0.1) is 5.92 Å². The second-order valence-corrected chi connectivity index (χ2v) is 4.77. The number of carbonyl (C=O) groups is 1. The molecule has 1 fully saturated rings. The van der Waals surface area contributed by atoms with E-state index in [0.717, 1.165) is 24.9 Å². The highest BCUT2D eigenvalue weighted by Gasteiger charge is 2.19. The third-order valence-corrected chi connectivity index (χ3v) is 3.36. The highest BCUT2D eigenvalue weighted by Crippen LogP contribution is 2.28. The second-order valence-electron chi connectivity index (χ2n) is 4.77. The summed E-state index contributed by atoms with van der Waals surface area (Å²) in [6.45, 7) is 3.01. The number of hydrogen-bond donors (Lipinski definition) is 0. The molecule has 1 aliphatic rings. The fourth-order valence-electron chi connectivity index (χ4n) is 2.45. The quantitative estimate of drug-likeness (QED) is 0.715. The molecule has 0 aliphatic heterocycles. The molecule has 1 aliphatic carbocycles. The summed E-state index contributed by atoms with van der Waals surface area (Å²) in [5, 5.41) is 4.20. The van der Waals surface area contributed by atoms with Gasteiger partial charge in [0, 0.05) is 19.2 Å². The van der Waals surface area contributed by atoms with Gasteiger partial charge in [-0.25, -0.2) is 0 Å². The molecular formula is C13H20N2O. The molecule has 0 amide bonds. The zero-order chi connectivity index (χ0) is 11.4. The lowest BCUT2D eigenvalue weighted by Gasteiger charge is -2.05. The number of aryl methyl sites for hydroxylation is 1. The van der Waals surface area contributed by atoms with Gasteiger partial charge in [0.05, 0.1) is 11.8 Å². The number of aromatic nitrogens is 2. The van der Waals surface area contributed by atoms with E-state index in [1.54, 1.807) is 6.20 Å². The molecular weight excluding hydrogens is 200 g/mol. The zero-order valence-corrected chi connectivity index (χ0v) is 9.98. The average molecular weight is 220 g/mol. The first kappa shape index (κ1) is 11.4. The molecule has 1 saturated carbocycles. The summed E-state index contributed by atoms with van der Waals surface area (Å²) >= 11 is 0. The van der Waals surface area contributed by atoms with Crippen molar-refractivity contribution in [1.29, 1.82) is 0 Å². The standard InChI is InChI=1S/C13H20N2O/c1-2-7-15-10-12(9-14-15)13(16)8-11-5-3-4-6-11/h9-11H,2-8H2,1H3. The van der Waals surface area contributed by atoms with Gasteiger partial charge >= 0.3 is 0 Å². The topological polar surface area (TPSA) is 34.9 Å². The maximum absolute atomic E-state index is 12.0. The van der Waals surface area contributed by atoms with Gasteiger partial charge < -0.3 is 0 Å². The van der Waals surface area contributed by atoms with Crippen LogP contribution in [0.1, 0.15) is 55.8 Å². The molecule has 0 bridgehead atoms. The smallest absolute Gasteiger partial charge is 0.166 e. The molecule has 16 heavy (non-hydrogen) atoms. The van der Waals surface area contributed by atoms with Crippen LogP contribution in [0.5, 0.6) is 0 Å². The van der Waals surface area contributed by atoms with Crippen molar-refractivity contribution < 1.29 is 4.79 Å². The van der Waals surface area contributed by atoms with E-state index >= 15 is 0 Å².